The van der Waals surface area contributed by atoms with Crippen LogP contribution in [0, 0.1) is 0 Å². The van der Waals surface area contributed by atoms with Crippen LogP contribution >= 0.6 is 11.8 Å². The molecule has 1 aliphatic carbocycles. The van der Waals surface area contributed by atoms with Crippen molar-refractivity contribution in [2.45, 2.75) is 55.4 Å². The third kappa shape index (κ3) is 3.58. The van der Waals surface area contributed by atoms with Crippen molar-refractivity contribution < 1.29 is 4.42 Å². The summed E-state index contributed by atoms with van der Waals surface area (Å²) in [4.78, 5) is 0. The number of benzene rings is 1. The van der Waals surface area contributed by atoms with E-state index in [9.17, 15) is 0 Å². The second kappa shape index (κ2) is 7.35. The van der Waals surface area contributed by atoms with Gasteiger partial charge in [-0.15, -0.1) is 15.3 Å². The maximum absolute atomic E-state index is 5.90. The van der Waals surface area contributed by atoms with Crippen LogP contribution in [0.3, 0.4) is 0 Å². The Labute approximate surface area is 150 Å². The summed E-state index contributed by atoms with van der Waals surface area (Å²) in [5, 5.41) is 21.1. The van der Waals surface area contributed by atoms with E-state index in [1.54, 1.807) is 4.68 Å². The summed E-state index contributed by atoms with van der Waals surface area (Å²) < 4.78 is 7.65. The van der Waals surface area contributed by atoms with Crippen LogP contribution in [0.2, 0.25) is 0 Å². The predicted molar refractivity (Wildman–Crippen MR) is 93.6 cm³/mol. The summed E-state index contributed by atoms with van der Waals surface area (Å²) in [6, 6.07) is 9.85. The number of rotatable bonds is 5. The Balaban J connectivity index is 1.49. The quantitative estimate of drug-likeness (QED) is 0.640. The van der Waals surface area contributed by atoms with E-state index < -0.39 is 0 Å². The van der Waals surface area contributed by atoms with E-state index in [4.69, 9.17) is 4.42 Å². The molecule has 2 heterocycles. The van der Waals surface area contributed by atoms with E-state index in [0.717, 1.165) is 30.2 Å². The fourth-order valence-corrected chi connectivity index (χ4v) is 3.96. The number of aromatic nitrogens is 6. The number of tetrazole rings is 1. The van der Waals surface area contributed by atoms with Gasteiger partial charge in [0.15, 0.2) is 5.82 Å². The van der Waals surface area contributed by atoms with Gasteiger partial charge in [-0.3, -0.25) is 0 Å². The molecule has 1 unspecified atom stereocenters. The Hall–Kier alpha value is -2.22. The normalized spacial score (nSPS) is 16.8. The fourth-order valence-electron chi connectivity index (χ4n) is 3.19. The second-order valence-corrected chi connectivity index (χ2v) is 7.58. The first-order chi connectivity index (χ1) is 12.3. The molecule has 0 saturated heterocycles. The third-order valence-corrected chi connectivity index (χ3v) is 5.44. The Morgan fingerprint density at radius 1 is 1.08 bits per heavy atom. The van der Waals surface area contributed by atoms with E-state index >= 15 is 0 Å². The first-order valence-corrected chi connectivity index (χ1v) is 9.53. The standard InChI is InChI=1S/C17H20N6OS/c1-12(15-18-21-22-23(15)14-10-6-3-7-11-14)25-17-20-19-16(24-17)13-8-4-2-5-9-13/h3,6-7,10-13H,2,4-5,8-9H2,1H3. The van der Waals surface area contributed by atoms with Crippen molar-refractivity contribution in [1.82, 2.24) is 30.4 Å². The molecule has 1 fully saturated rings. The van der Waals surface area contributed by atoms with Crippen LogP contribution in [0.5, 0.6) is 0 Å². The van der Waals surface area contributed by atoms with Gasteiger partial charge >= 0.3 is 0 Å². The van der Waals surface area contributed by atoms with Crippen LogP contribution in [-0.4, -0.2) is 30.4 Å². The number of nitrogens with zero attached hydrogens (tertiary/aromatic N) is 6. The predicted octanol–water partition coefficient (Wildman–Crippen LogP) is 3.95. The molecule has 0 aliphatic heterocycles. The molecule has 1 aliphatic rings. The Morgan fingerprint density at radius 3 is 2.68 bits per heavy atom. The minimum Gasteiger partial charge on any atom is -0.416 e. The summed E-state index contributed by atoms with van der Waals surface area (Å²) in [6.45, 7) is 2.04. The molecule has 0 N–H and O–H groups in total. The summed E-state index contributed by atoms with van der Waals surface area (Å²) in [7, 11) is 0. The van der Waals surface area contributed by atoms with Crippen molar-refractivity contribution >= 4 is 11.8 Å². The highest BCUT2D eigenvalue weighted by atomic mass is 32.2. The average Bonchev–Trinajstić information content (AvgIpc) is 3.33. The van der Waals surface area contributed by atoms with Crippen LogP contribution in [0.4, 0.5) is 0 Å². The first-order valence-electron chi connectivity index (χ1n) is 8.65. The molecule has 4 rings (SSSR count). The molecule has 0 amide bonds. The molecule has 1 atom stereocenters. The molecule has 25 heavy (non-hydrogen) atoms. The highest BCUT2D eigenvalue weighted by Gasteiger charge is 2.24. The number of hydrogen-bond acceptors (Lipinski definition) is 7. The van der Waals surface area contributed by atoms with Gasteiger partial charge in [-0.25, -0.2) is 0 Å². The van der Waals surface area contributed by atoms with Crippen LogP contribution < -0.4 is 0 Å². The minimum absolute atomic E-state index is 0.00476. The lowest BCUT2D eigenvalue weighted by Crippen LogP contribution is -2.05. The lowest BCUT2D eigenvalue weighted by atomic mass is 9.89. The van der Waals surface area contributed by atoms with Gasteiger partial charge in [0.05, 0.1) is 10.9 Å². The molecule has 130 valence electrons. The smallest absolute Gasteiger partial charge is 0.277 e. The number of para-hydroxylation sites is 1. The van der Waals surface area contributed by atoms with Crippen molar-refractivity contribution in [3.05, 3.63) is 42.0 Å². The van der Waals surface area contributed by atoms with Gasteiger partial charge in [0.2, 0.25) is 5.89 Å². The SMILES string of the molecule is CC(Sc1nnc(C2CCCCC2)o1)c1nnnn1-c1ccccc1. The van der Waals surface area contributed by atoms with Gasteiger partial charge in [0, 0.05) is 5.92 Å². The van der Waals surface area contributed by atoms with Crippen molar-refractivity contribution in [3.8, 4) is 5.69 Å². The van der Waals surface area contributed by atoms with Gasteiger partial charge < -0.3 is 4.42 Å². The van der Waals surface area contributed by atoms with Crippen molar-refractivity contribution in [1.29, 1.82) is 0 Å². The van der Waals surface area contributed by atoms with Crippen LogP contribution in [-0.2, 0) is 0 Å². The van der Waals surface area contributed by atoms with E-state index in [-0.39, 0.29) is 5.25 Å². The minimum atomic E-state index is -0.00476. The summed E-state index contributed by atoms with van der Waals surface area (Å²) >= 11 is 1.49. The second-order valence-electron chi connectivity index (χ2n) is 6.29. The zero-order valence-electron chi connectivity index (χ0n) is 14.1. The van der Waals surface area contributed by atoms with Crippen LogP contribution in [0.1, 0.15) is 61.9 Å². The molecule has 7 nitrogen and oxygen atoms in total. The Bertz CT molecular complexity index is 811. The van der Waals surface area contributed by atoms with Crippen molar-refractivity contribution in [2.75, 3.05) is 0 Å². The lowest BCUT2D eigenvalue weighted by molar-refractivity contribution is 0.334. The molecule has 1 saturated carbocycles. The summed E-state index contributed by atoms with van der Waals surface area (Å²) in [5.41, 5.74) is 0.934. The third-order valence-electron chi connectivity index (χ3n) is 4.51. The van der Waals surface area contributed by atoms with Gasteiger partial charge in [-0.05, 0) is 42.3 Å². The van der Waals surface area contributed by atoms with Gasteiger partial charge in [0.25, 0.3) is 5.22 Å². The highest BCUT2D eigenvalue weighted by Crippen LogP contribution is 2.36. The van der Waals surface area contributed by atoms with Gasteiger partial charge in [-0.2, -0.15) is 4.68 Å². The number of thioether (sulfide) groups is 1. The monoisotopic (exact) mass is 356 g/mol. The van der Waals surface area contributed by atoms with E-state index in [1.165, 1.54) is 31.0 Å². The van der Waals surface area contributed by atoms with Crippen LogP contribution in [0.15, 0.2) is 40.0 Å². The molecular weight excluding hydrogens is 336 g/mol. The Kier molecular flexibility index (Phi) is 4.78. The number of hydrogen-bond donors (Lipinski definition) is 0. The molecule has 1 aromatic carbocycles. The van der Waals surface area contributed by atoms with Crippen molar-refractivity contribution in [2.24, 2.45) is 0 Å². The molecule has 2 aromatic heterocycles. The molecular formula is C17H20N6OS. The topological polar surface area (TPSA) is 82.5 Å². The molecule has 0 spiro atoms. The Morgan fingerprint density at radius 2 is 1.88 bits per heavy atom. The zero-order valence-corrected chi connectivity index (χ0v) is 14.9. The lowest BCUT2D eigenvalue weighted by Gasteiger charge is -2.17. The average molecular weight is 356 g/mol. The summed E-state index contributed by atoms with van der Waals surface area (Å²) in [5.74, 6) is 1.95. The van der Waals surface area contributed by atoms with E-state index in [0.29, 0.717) is 11.1 Å². The molecule has 8 heteroatoms. The van der Waals surface area contributed by atoms with E-state index in [1.807, 2.05) is 37.3 Å². The van der Waals surface area contributed by atoms with E-state index in [2.05, 4.69) is 25.7 Å². The van der Waals surface area contributed by atoms with Crippen LogP contribution in [0.25, 0.3) is 5.69 Å². The molecule has 0 bridgehead atoms. The fraction of sp³-hybridized carbons (Fsp3) is 0.471. The molecule has 3 aromatic rings. The zero-order chi connectivity index (χ0) is 17.1. The largest absolute Gasteiger partial charge is 0.416 e. The first kappa shape index (κ1) is 16.3. The summed E-state index contributed by atoms with van der Waals surface area (Å²) in [6.07, 6.45) is 6.10. The maximum atomic E-state index is 5.90. The van der Waals surface area contributed by atoms with Crippen molar-refractivity contribution in [3.63, 3.8) is 0 Å². The maximum Gasteiger partial charge on any atom is 0.277 e. The van der Waals surface area contributed by atoms with Gasteiger partial charge in [-0.1, -0.05) is 49.2 Å². The molecule has 0 radical (unpaired) electrons. The highest BCUT2D eigenvalue weighted by molar-refractivity contribution is 7.99. The van der Waals surface area contributed by atoms with Gasteiger partial charge in [0.1, 0.15) is 0 Å².